The highest BCUT2D eigenvalue weighted by Crippen LogP contribution is 2.24. The summed E-state index contributed by atoms with van der Waals surface area (Å²) in [5.41, 5.74) is 2.10. The van der Waals surface area contributed by atoms with Crippen molar-refractivity contribution in [1.82, 2.24) is 14.9 Å². The molecule has 1 atom stereocenters. The number of piperazine rings is 1. The van der Waals surface area contributed by atoms with Crippen molar-refractivity contribution in [3.8, 4) is 0 Å². The molecular weight excluding hydrogens is 363 g/mol. The highest BCUT2D eigenvalue weighted by atomic mass is 19.1. The second-order valence-corrected chi connectivity index (χ2v) is 6.97. The lowest BCUT2D eigenvalue weighted by atomic mass is 10.1. The summed E-state index contributed by atoms with van der Waals surface area (Å²) in [5, 5.41) is 0. The highest BCUT2D eigenvalue weighted by Gasteiger charge is 2.31. The number of nitrogens with zero attached hydrogens (tertiary/aromatic N) is 3. The van der Waals surface area contributed by atoms with Crippen LogP contribution in [0.15, 0.2) is 18.3 Å². The molecule has 1 amide bonds. The summed E-state index contributed by atoms with van der Waals surface area (Å²) in [7, 11) is 0. The van der Waals surface area contributed by atoms with E-state index in [9.17, 15) is 14.0 Å². The smallest absolute Gasteiger partial charge is 0.355 e. The largest absolute Gasteiger partial charge is 0.461 e. The maximum Gasteiger partial charge on any atom is 0.355 e. The number of halogens is 1. The first-order valence-corrected chi connectivity index (χ1v) is 9.37. The summed E-state index contributed by atoms with van der Waals surface area (Å²) in [4.78, 5) is 36.2. The Balaban J connectivity index is 1.76. The normalized spacial score (nSPS) is 17.0. The number of rotatable bonds is 4. The SMILES string of the molecule is CCOC(=O)c1[nH]c(C)c(C(=O)N2CCN(c3ccc(F)cn3)C(C)C2)c1C. The molecule has 8 heteroatoms. The van der Waals surface area contributed by atoms with Gasteiger partial charge in [0.2, 0.25) is 0 Å². The maximum atomic E-state index is 13.1. The fourth-order valence-electron chi connectivity index (χ4n) is 3.66. The first-order valence-electron chi connectivity index (χ1n) is 9.37. The number of amides is 1. The number of ether oxygens (including phenoxy) is 1. The Morgan fingerprint density at radius 2 is 2.07 bits per heavy atom. The number of nitrogens with one attached hydrogen (secondary N) is 1. The molecule has 1 unspecified atom stereocenters. The van der Waals surface area contributed by atoms with Crippen LogP contribution in [0.4, 0.5) is 10.2 Å². The topological polar surface area (TPSA) is 78.5 Å². The van der Waals surface area contributed by atoms with Gasteiger partial charge in [0.05, 0.1) is 18.4 Å². The molecule has 3 rings (SSSR count). The Labute approximate surface area is 163 Å². The fraction of sp³-hybridized carbons (Fsp3) is 0.450. The Morgan fingerprint density at radius 1 is 1.32 bits per heavy atom. The number of carbonyl (C=O) groups is 2. The molecule has 1 aliphatic heterocycles. The van der Waals surface area contributed by atoms with Crippen LogP contribution < -0.4 is 4.90 Å². The van der Waals surface area contributed by atoms with E-state index in [1.54, 1.807) is 31.7 Å². The van der Waals surface area contributed by atoms with Crippen LogP contribution in [0, 0.1) is 19.7 Å². The van der Waals surface area contributed by atoms with E-state index in [1.165, 1.54) is 12.3 Å². The summed E-state index contributed by atoms with van der Waals surface area (Å²) in [6, 6.07) is 3.06. The third-order valence-corrected chi connectivity index (χ3v) is 5.05. The molecule has 1 saturated heterocycles. The molecule has 28 heavy (non-hydrogen) atoms. The van der Waals surface area contributed by atoms with Gasteiger partial charge in [-0.1, -0.05) is 0 Å². The van der Waals surface area contributed by atoms with Gasteiger partial charge in [-0.05, 0) is 45.4 Å². The lowest BCUT2D eigenvalue weighted by molar-refractivity contribution is 0.0519. The standard InChI is InChI=1S/C20H25FN4O3/c1-5-28-20(27)18-13(3)17(14(4)23-18)19(26)24-8-9-25(12(2)11-24)16-7-6-15(21)10-22-16/h6-7,10,12,23H,5,8-9,11H2,1-4H3. The molecule has 1 N–H and O–H groups in total. The van der Waals surface area contributed by atoms with Crippen molar-refractivity contribution in [2.45, 2.75) is 33.7 Å². The fourth-order valence-corrected chi connectivity index (χ4v) is 3.66. The van der Waals surface area contributed by atoms with E-state index < -0.39 is 5.97 Å². The van der Waals surface area contributed by atoms with Crippen molar-refractivity contribution in [3.05, 3.63) is 46.7 Å². The van der Waals surface area contributed by atoms with Crippen molar-refractivity contribution in [2.75, 3.05) is 31.1 Å². The van der Waals surface area contributed by atoms with Crippen LogP contribution >= 0.6 is 0 Å². The van der Waals surface area contributed by atoms with Crippen LogP contribution in [0.3, 0.4) is 0 Å². The number of hydrogen-bond donors (Lipinski definition) is 1. The quantitative estimate of drug-likeness (QED) is 0.815. The molecule has 0 radical (unpaired) electrons. The number of aromatic amines is 1. The minimum Gasteiger partial charge on any atom is -0.461 e. The van der Waals surface area contributed by atoms with Crippen LogP contribution in [0.1, 0.15) is 46.0 Å². The summed E-state index contributed by atoms with van der Waals surface area (Å²) < 4.78 is 18.2. The van der Waals surface area contributed by atoms with Gasteiger partial charge >= 0.3 is 5.97 Å². The third kappa shape index (κ3) is 3.72. The second-order valence-electron chi connectivity index (χ2n) is 6.97. The first-order chi connectivity index (χ1) is 13.3. The molecule has 0 aromatic carbocycles. The predicted octanol–water partition coefficient (Wildman–Crippen LogP) is 2.69. The Hall–Kier alpha value is -2.90. The van der Waals surface area contributed by atoms with Gasteiger partial charge < -0.3 is 19.5 Å². The number of aromatic nitrogens is 2. The molecule has 1 fully saturated rings. The van der Waals surface area contributed by atoms with Crippen LogP contribution in [0.25, 0.3) is 0 Å². The van der Waals surface area contributed by atoms with E-state index in [-0.39, 0.29) is 24.4 Å². The number of pyridine rings is 1. The number of esters is 1. The van der Waals surface area contributed by atoms with Crippen LogP contribution in [-0.4, -0.2) is 59.0 Å². The van der Waals surface area contributed by atoms with Crippen LogP contribution in [-0.2, 0) is 4.74 Å². The number of carbonyl (C=O) groups excluding carboxylic acids is 2. The van der Waals surface area contributed by atoms with Gasteiger partial charge in [0.15, 0.2) is 0 Å². The van der Waals surface area contributed by atoms with Crippen molar-refractivity contribution in [1.29, 1.82) is 0 Å². The predicted molar refractivity (Wildman–Crippen MR) is 103 cm³/mol. The Morgan fingerprint density at radius 3 is 2.68 bits per heavy atom. The lowest BCUT2D eigenvalue weighted by Crippen LogP contribution is -2.54. The third-order valence-electron chi connectivity index (χ3n) is 5.05. The summed E-state index contributed by atoms with van der Waals surface area (Å²) in [6.45, 7) is 9.18. The van der Waals surface area contributed by atoms with E-state index in [0.29, 0.717) is 48.0 Å². The number of H-pyrrole nitrogens is 1. The number of aryl methyl sites for hydroxylation is 1. The maximum absolute atomic E-state index is 13.1. The first kappa shape index (κ1) is 19.9. The molecule has 150 valence electrons. The van der Waals surface area contributed by atoms with Gasteiger partial charge in [0.25, 0.3) is 5.91 Å². The van der Waals surface area contributed by atoms with Crippen LogP contribution in [0.2, 0.25) is 0 Å². The van der Waals surface area contributed by atoms with Gasteiger partial charge in [-0.2, -0.15) is 0 Å². The average Bonchev–Trinajstić information content (AvgIpc) is 2.96. The van der Waals surface area contributed by atoms with Crippen LogP contribution in [0.5, 0.6) is 0 Å². The van der Waals surface area contributed by atoms with Crippen molar-refractivity contribution < 1.29 is 18.7 Å². The summed E-state index contributed by atoms with van der Waals surface area (Å²) in [5.74, 6) is -0.247. The zero-order valence-electron chi connectivity index (χ0n) is 16.6. The van der Waals surface area contributed by atoms with E-state index in [0.717, 1.165) is 0 Å². The summed E-state index contributed by atoms with van der Waals surface area (Å²) >= 11 is 0. The minimum atomic E-state index is -0.456. The molecule has 1 aliphatic rings. The summed E-state index contributed by atoms with van der Waals surface area (Å²) in [6.07, 6.45) is 1.20. The molecule has 7 nitrogen and oxygen atoms in total. The molecule has 0 spiro atoms. The minimum absolute atomic E-state index is 0.0275. The van der Waals surface area contributed by atoms with Gasteiger partial charge in [0, 0.05) is 31.4 Å². The van der Waals surface area contributed by atoms with Crippen molar-refractivity contribution in [3.63, 3.8) is 0 Å². The molecule has 0 saturated carbocycles. The molecule has 3 heterocycles. The average molecular weight is 388 g/mol. The number of hydrogen-bond acceptors (Lipinski definition) is 5. The zero-order valence-corrected chi connectivity index (χ0v) is 16.6. The Kier molecular flexibility index (Phi) is 5.67. The van der Waals surface area contributed by atoms with Gasteiger partial charge in [-0.25, -0.2) is 14.2 Å². The van der Waals surface area contributed by atoms with Crippen molar-refractivity contribution in [2.24, 2.45) is 0 Å². The zero-order chi connectivity index (χ0) is 20.4. The molecule has 0 bridgehead atoms. The number of anilines is 1. The molecule has 0 aliphatic carbocycles. The van der Waals surface area contributed by atoms with Crippen molar-refractivity contribution >= 4 is 17.7 Å². The van der Waals surface area contributed by atoms with E-state index in [4.69, 9.17) is 4.74 Å². The second kappa shape index (κ2) is 8.00. The lowest BCUT2D eigenvalue weighted by Gasteiger charge is -2.40. The molecular formula is C20H25FN4O3. The Bertz CT molecular complexity index is 878. The van der Waals surface area contributed by atoms with E-state index in [1.807, 2.05) is 6.92 Å². The molecule has 2 aromatic rings. The monoisotopic (exact) mass is 388 g/mol. The van der Waals surface area contributed by atoms with E-state index >= 15 is 0 Å². The van der Waals surface area contributed by atoms with E-state index in [2.05, 4.69) is 14.9 Å². The molecule has 2 aromatic heterocycles. The highest BCUT2D eigenvalue weighted by molar-refractivity contribution is 6.01. The van der Waals surface area contributed by atoms with Gasteiger partial charge in [0.1, 0.15) is 17.3 Å². The van der Waals surface area contributed by atoms with Gasteiger partial charge in [-0.3, -0.25) is 4.79 Å². The van der Waals surface area contributed by atoms with Gasteiger partial charge in [-0.15, -0.1) is 0 Å².